The first-order valence-corrected chi connectivity index (χ1v) is 10.5. The maximum atomic E-state index is 12.5. The third-order valence-electron chi connectivity index (χ3n) is 4.25. The molecule has 28 heavy (non-hydrogen) atoms. The minimum absolute atomic E-state index is 0.0800. The zero-order chi connectivity index (χ0) is 20.8. The predicted molar refractivity (Wildman–Crippen MR) is 112 cm³/mol. The van der Waals surface area contributed by atoms with Gasteiger partial charge < -0.3 is 29.7 Å². The number of ether oxygens (including phenoxy) is 3. The van der Waals surface area contributed by atoms with Crippen LogP contribution in [-0.4, -0.2) is 81.7 Å². The Morgan fingerprint density at radius 3 is 2.64 bits per heavy atom. The third kappa shape index (κ3) is 10.7. The van der Waals surface area contributed by atoms with Gasteiger partial charge in [-0.3, -0.25) is 4.99 Å². The van der Waals surface area contributed by atoms with Crippen LogP contribution in [0.3, 0.4) is 0 Å². The zero-order valence-electron chi connectivity index (χ0n) is 18.4. The Kier molecular flexibility index (Phi) is 11.9. The van der Waals surface area contributed by atoms with E-state index in [4.69, 9.17) is 19.2 Å². The van der Waals surface area contributed by atoms with E-state index in [0.29, 0.717) is 26.4 Å². The van der Waals surface area contributed by atoms with Gasteiger partial charge in [-0.15, -0.1) is 0 Å². The smallest absolute Gasteiger partial charge is 0.410 e. The third-order valence-corrected chi connectivity index (χ3v) is 4.25. The minimum Gasteiger partial charge on any atom is -0.444 e. The number of nitrogens with zero attached hydrogens (tertiary/aromatic N) is 2. The first-order valence-electron chi connectivity index (χ1n) is 10.5. The summed E-state index contributed by atoms with van der Waals surface area (Å²) in [6.45, 7) is 12.5. The quantitative estimate of drug-likeness (QED) is 0.333. The van der Waals surface area contributed by atoms with Gasteiger partial charge in [-0.1, -0.05) is 0 Å². The Morgan fingerprint density at radius 1 is 1.18 bits per heavy atom. The molecule has 1 atom stereocenters. The van der Waals surface area contributed by atoms with E-state index in [2.05, 4.69) is 10.6 Å². The van der Waals surface area contributed by atoms with Crippen molar-refractivity contribution < 1.29 is 19.0 Å². The van der Waals surface area contributed by atoms with Crippen molar-refractivity contribution in [1.29, 1.82) is 0 Å². The summed E-state index contributed by atoms with van der Waals surface area (Å²) in [6.07, 6.45) is 3.73. The molecule has 0 bridgehead atoms. The fraction of sp³-hybridized carbons (Fsp3) is 0.900. The number of methoxy groups -OCH3 is 1. The van der Waals surface area contributed by atoms with Crippen molar-refractivity contribution >= 4 is 12.1 Å². The van der Waals surface area contributed by atoms with Gasteiger partial charge in [0.25, 0.3) is 0 Å². The number of likely N-dealkylation sites (tertiary alicyclic amines) is 1. The van der Waals surface area contributed by atoms with Crippen LogP contribution in [0, 0.1) is 0 Å². The second kappa shape index (κ2) is 13.6. The standard InChI is InChI=1S/C20H40N4O4/c1-6-21-18(22-11-9-13-27-15-14-26-5)23-16-17-10-7-8-12-24(17)19(25)28-20(2,3)4/h17H,6-16H2,1-5H3,(H2,21,22,23). The number of carbonyl (C=O) groups is 1. The maximum Gasteiger partial charge on any atom is 0.410 e. The molecule has 1 amide bonds. The monoisotopic (exact) mass is 400 g/mol. The maximum absolute atomic E-state index is 12.5. The lowest BCUT2D eigenvalue weighted by molar-refractivity contribution is 0.0109. The second-order valence-corrected chi connectivity index (χ2v) is 7.93. The first kappa shape index (κ1) is 24.5. The van der Waals surface area contributed by atoms with E-state index in [0.717, 1.165) is 51.3 Å². The van der Waals surface area contributed by atoms with E-state index in [1.807, 2.05) is 32.6 Å². The summed E-state index contributed by atoms with van der Waals surface area (Å²) in [5.41, 5.74) is -0.482. The molecule has 0 aromatic carbocycles. The van der Waals surface area contributed by atoms with Crippen LogP contribution in [-0.2, 0) is 14.2 Å². The number of hydrogen-bond acceptors (Lipinski definition) is 5. The molecule has 0 radical (unpaired) electrons. The molecule has 2 N–H and O–H groups in total. The van der Waals surface area contributed by atoms with Gasteiger partial charge in [-0.05, 0) is 53.4 Å². The largest absolute Gasteiger partial charge is 0.444 e. The number of aliphatic imine (C=N–C) groups is 1. The highest BCUT2D eigenvalue weighted by atomic mass is 16.6. The molecule has 0 saturated carbocycles. The van der Waals surface area contributed by atoms with Crippen LogP contribution in [0.15, 0.2) is 4.99 Å². The van der Waals surface area contributed by atoms with Gasteiger partial charge in [0.15, 0.2) is 5.96 Å². The summed E-state index contributed by atoms with van der Waals surface area (Å²) in [7, 11) is 1.67. The molecule has 1 heterocycles. The van der Waals surface area contributed by atoms with Crippen LogP contribution in [0.1, 0.15) is 53.4 Å². The van der Waals surface area contributed by atoms with Crippen molar-refractivity contribution in [3.63, 3.8) is 0 Å². The number of carbonyl (C=O) groups excluding carboxylic acids is 1. The van der Waals surface area contributed by atoms with Gasteiger partial charge in [-0.2, -0.15) is 0 Å². The lowest BCUT2D eigenvalue weighted by Gasteiger charge is -2.36. The second-order valence-electron chi connectivity index (χ2n) is 7.93. The fourth-order valence-corrected chi connectivity index (χ4v) is 2.92. The van der Waals surface area contributed by atoms with Crippen molar-refractivity contribution in [2.75, 3.05) is 53.1 Å². The normalized spacial score (nSPS) is 18.1. The fourth-order valence-electron chi connectivity index (χ4n) is 2.92. The summed E-state index contributed by atoms with van der Waals surface area (Å²) in [4.78, 5) is 19.1. The molecule has 8 nitrogen and oxygen atoms in total. The van der Waals surface area contributed by atoms with E-state index in [9.17, 15) is 4.79 Å². The van der Waals surface area contributed by atoms with Gasteiger partial charge in [0.2, 0.25) is 0 Å². The highest BCUT2D eigenvalue weighted by molar-refractivity contribution is 5.79. The molecular weight excluding hydrogens is 360 g/mol. The summed E-state index contributed by atoms with van der Waals surface area (Å²) < 4.78 is 16.0. The van der Waals surface area contributed by atoms with Crippen LogP contribution in [0.5, 0.6) is 0 Å². The van der Waals surface area contributed by atoms with Crippen LogP contribution in [0.4, 0.5) is 4.79 Å². The molecule has 164 valence electrons. The predicted octanol–water partition coefficient (Wildman–Crippen LogP) is 2.38. The Hall–Kier alpha value is -1.54. The molecule has 1 aliphatic heterocycles. The summed E-state index contributed by atoms with van der Waals surface area (Å²) in [6, 6.07) is 0.0800. The van der Waals surface area contributed by atoms with Crippen molar-refractivity contribution in [3.8, 4) is 0 Å². The molecule has 1 aliphatic rings. The number of hydrogen-bond donors (Lipinski definition) is 2. The average Bonchev–Trinajstić information content (AvgIpc) is 2.64. The average molecular weight is 401 g/mol. The van der Waals surface area contributed by atoms with Crippen LogP contribution < -0.4 is 10.6 Å². The van der Waals surface area contributed by atoms with E-state index in [1.165, 1.54) is 0 Å². The summed E-state index contributed by atoms with van der Waals surface area (Å²) >= 11 is 0. The number of piperidine rings is 1. The van der Waals surface area contributed by atoms with Crippen molar-refractivity contribution in [2.24, 2.45) is 4.99 Å². The van der Waals surface area contributed by atoms with Gasteiger partial charge in [0.05, 0.1) is 25.8 Å². The molecule has 1 rings (SSSR count). The highest BCUT2D eigenvalue weighted by Gasteiger charge is 2.30. The number of guanidine groups is 1. The van der Waals surface area contributed by atoms with E-state index in [-0.39, 0.29) is 12.1 Å². The first-order chi connectivity index (χ1) is 13.4. The van der Waals surface area contributed by atoms with E-state index >= 15 is 0 Å². The molecule has 1 unspecified atom stereocenters. The number of amides is 1. The molecule has 1 fully saturated rings. The summed E-state index contributed by atoms with van der Waals surface area (Å²) in [5.74, 6) is 0.772. The highest BCUT2D eigenvalue weighted by Crippen LogP contribution is 2.20. The topological polar surface area (TPSA) is 84.4 Å². The molecule has 0 aliphatic carbocycles. The molecule has 0 spiro atoms. The van der Waals surface area contributed by atoms with Crippen LogP contribution >= 0.6 is 0 Å². The van der Waals surface area contributed by atoms with Gasteiger partial charge in [0.1, 0.15) is 5.60 Å². The van der Waals surface area contributed by atoms with Gasteiger partial charge >= 0.3 is 6.09 Å². The Balaban J connectivity index is 2.49. The number of rotatable bonds is 10. The zero-order valence-corrected chi connectivity index (χ0v) is 18.4. The number of nitrogens with one attached hydrogen (secondary N) is 2. The molecule has 8 heteroatoms. The minimum atomic E-state index is -0.482. The van der Waals surface area contributed by atoms with Crippen molar-refractivity contribution in [1.82, 2.24) is 15.5 Å². The van der Waals surface area contributed by atoms with Gasteiger partial charge in [-0.25, -0.2) is 4.79 Å². The lowest BCUT2D eigenvalue weighted by atomic mass is 10.0. The van der Waals surface area contributed by atoms with Crippen LogP contribution in [0.2, 0.25) is 0 Å². The summed E-state index contributed by atoms with van der Waals surface area (Å²) in [5, 5.41) is 6.59. The molecule has 0 aromatic heterocycles. The van der Waals surface area contributed by atoms with E-state index in [1.54, 1.807) is 7.11 Å². The molecule has 1 saturated heterocycles. The van der Waals surface area contributed by atoms with Gasteiger partial charge in [0, 0.05) is 33.4 Å². The van der Waals surface area contributed by atoms with Crippen molar-refractivity contribution in [2.45, 2.75) is 65.0 Å². The SMILES string of the molecule is CCNC(=NCC1CCCCN1C(=O)OC(C)(C)C)NCCCOCCOC. The molecular formula is C20H40N4O4. The Bertz CT molecular complexity index is 466. The molecule has 0 aromatic rings. The Labute approximate surface area is 170 Å². The van der Waals surface area contributed by atoms with Crippen LogP contribution in [0.25, 0.3) is 0 Å². The van der Waals surface area contributed by atoms with E-state index < -0.39 is 5.60 Å². The Morgan fingerprint density at radius 2 is 1.96 bits per heavy atom. The lowest BCUT2D eigenvalue weighted by Crippen LogP contribution is -2.48. The van der Waals surface area contributed by atoms with Crippen molar-refractivity contribution in [3.05, 3.63) is 0 Å².